The van der Waals surface area contributed by atoms with Crippen molar-refractivity contribution in [3.8, 4) is 5.75 Å². The largest absolute Gasteiger partial charge is 0.505 e. The van der Waals surface area contributed by atoms with Gasteiger partial charge >= 0.3 is 7.60 Å². The number of phenolic OH excluding ortho intramolecular Hbond substituents is 1. The summed E-state index contributed by atoms with van der Waals surface area (Å²) in [6, 6.07) is 10.3. The van der Waals surface area contributed by atoms with Crippen molar-refractivity contribution in [1.29, 1.82) is 0 Å². The number of fused-ring (bicyclic) bond motifs is 3. The normalized spacial score (nSPS) is 26.5. The molecule has 2 fully saturated rings. The predicted octanol–water partition coefficient (Wildman–Crippen LogP) is 2.77. The number of phenols is 1. The summed E-state index contributed by atoms with van der Waals surface area (Å²) in [7, 11) is -0.442. The van der Waals surface area contributed by atoms with Crippen LogP contribution in [0.2, 0.25) is 0 Å². The summed E-state index contributed by atoms with van der Waals surface area (Å²) in [5.41, 5.74) is 3.83. The molecule has 5 N–H and O–H groups in total. The van der Waals surface area contributed by atoms with Gasteiger partial charge in [0, 0.05) is 32.1 Å². The average Bonchev–Trinajstić information content (AvgIpc) is 2.98. The number of primary amides is 1. The molecule has 14 heteroatoms. The Labute approximate surface area is 266 Å². The van der Waals surface area contributed by atoms with Crippen LogP contribution in [0.1, 0.15) is 54.0 Å². The Kier molecular flexibility index (Phi) is 9.00. The number of hydrogen-bond acceptors (Lipinski definition) is 12. The summed E-state index contributed by atoms with van der Waals surface area (Å²) < 4.78 is 25.4. The van der Waals surface area contributed by atoms with E-state index in [-0.39, 0.29) is 37.3 Å². The van der Waals surface area contributed by atoms with Crippen LogP contribution >= 0.6 is 7.60 Å². The summed E-state index contributed by atoms with van der Waals surface area (Å²) >= 11 is 0. The van der Waals surface area contributed by atoms with E-state index < -0.39 is 83.9 Å². The maximum atomic E-state index is 14.3. The topological polar surface area (TPSA) is 203 Å². The Hall–Kier alpha value is -3.90. The summed E-state index contributed by atoms with van der Waals surface area (Å²) in [5, 5.41) is 26.3. The van der Waals surface area contributed by atoms with Gasteiger partial charge in [-0.25, -0.2) is 0 Å². The van der Waals surface area contributed by atoms with Crippen molar-refractivity contribution < 1.29 is 47.8 Å². The van der Waals surface area contributed by atoms with E-state index in [1.807, 2.05) is 0 Å². The van der Waals surface area contributed by atoms with Crippen LogP contribution in [-0.2, 0) is 39.2 Å². The van der Waals surface area contributed by atoms with Gasteiger partial charge in [-0.2, -0.15) is 0 Å². The molecule has 0 bridgehead atoms. The molecule has 3 unspecified atom stereocenters. The van der Waals surface area contributed by atoms with Crippen molar-refractivity contribution in [2.45, 2.75) is 44.5 Å². The maximum absolute atomic E-state index is 14.3. The fraction of sp³-hybridized carbons (Fsp3) is 0.469. The van der Waals surface area contributed by atoms with Gasteiger partial charge in [0.1, 0.15) is 5.75 Å². The zero-order valence-corrected chi connectivity index (χ0v) is 26.9. The molecular formula is C32H38N3O10P. The van der Waals surface area contributed by atoms with E-state index in [0.717, 1.165) is 0 Å². The Morgan fingerprint density at radius 3 is 2.28 bits per heavy atom. The van der Waals surface area contributed by atoms with Gasteiger partial charge in [0.2, 0.25) is 5.91 Å². The molecule has 2 saturated carbocycles. The first-order chi connectivity index (χ1) is 21.7. The predicted molar refractivity (Wildman–Crippen MR) is 166 cm³/mol. The number of carbonyl (C=O) groups is 5. The fourth-order valence-corrected chi connectivity index (χ4v) is 9.12. The van der Waals surface area contributed by atoms with Gasteiger partial charge in [0.25, 0.3) is 0 Å². The average molecular weight is 656 g/mol. The standard InChI is InChI=1S/C32H38N3O10P/c1-5-44-46(43,45-6-2)31(16-10-8-7-9-11-16)34-20-15-21(35(3)4)19-13-17-12-18-14-22(36)25(30(33)41)29(40)32(18,42)28(39)23(17)27(38)24(19)26(20)37/h7-11,15,17-18,23,25,31,34,37,42H,5-6,12-14H2,1-4H3,(H2,33,41)/t17-,18+,23?,25?,31?,32+/m1/s1. The zero-order chi connectivity index (χ0) is 33.7. The van der Waals surface area contributed by atoms with Gasteiger partial charge in [-0.3, -0.25) is 28.5 Å². The lowest BCUT2D eigenvalue weighted by Gasteiger charge is -2.48. The molecule has 46 heavy (non-hydrogen) atoms. The molecule has 0 spiro atoms. The van der Waals surface area contributed by atoms with Crippen molar-refractivity contribution >= 4 is 48.0 Å². The van der Waals surface area contributed by atoms with Crippen molar-refractivity contribution in [1.82, 2.24) is 0 Å². The summed E-state index contributed by atoms with van der Waals surface area (Å²) in [6.07, 6.45) is -0.316. The minimum absolute atomic E-state index is 0.00992. The number of benzene rings is 2. The molecule has 0 aliphatic heterocycles. The summed E-state index contributed by atoms with van der Waals surface area (Å²) in [5.74, 6) is -12.2. The molecule has 1 amide bonds. The maximum Gasteiger partial charge on any atom is 0.357 e. The number of rotatable bonds is 10. The van der Waals surface area contributed by atoms with Crippen molar-refractivity contribution in [2.75, 3.05) is 37.5 Å². The van der Waals surface area contributed by atoms with Crippen molar-refractivity contribution in [2.24, 2.45) is 29.4 Å². The van der Waals surface area contributed by atoms with Crippen molar-refractivity contribution in [3.63, 3.8) is 0 Å². The van der Waals surface area contributed by atoms with E-state index in [4.69, 9.17) is 14.8 Å². The molecule has 13 nitrogen and oxygen atoms in total. The smallest absolute Gasteiger partial charge is 0.357 e. The van der Waals surface area contributed by atoms with Crippen LogP contribution in [0.15, 0.2) is 36.4 Å². The molecule has 6 atom stereocenters. The highest BCUT2D eigenvalue weighted by atomic mass is 31.2. The third kappa shape index (κ3) is 5.25. The van der Waals surface area contributed by atoms with Crippen LogP contribution in [0.5, 0.6) is 5.75 Å². The highest BCUT2D eigenvalue weighted by molar-refractivity contribution is 7.54. The van der Waals surface area contributed by atoms with E-state index in [9.17, 15) is 38.8 Å². The molecule has 0 radical (unpaired) electrons. The minimum atomic E-state index is -3.91. The quantitative estimate of drug-likeness (QED) is 0.166. The second-order valence-electron chi connectivity index (χ2n) is 12.1. The fourth-order valence-electron chi connectivity index (χ4n) is 7.20. The minimum Gasteiger partial charge on any atom is -0.505 e. The monoisotopic (exact) mass is 655 g/mol. The van der Waals surface area contributed by atoms with Crippen molar-refractivity contribution in [3.05, 3.63) is 53.1 Å². The van der Waals surface area contributed by atoms with Crippen LogP contribution in [0, 0.1) is 23.7 Å². The number of carbonyl (C=O) groups excluding carboxylic acids is 5. The number of Topliss-reactive ketones (excluding diaryl/α,β-unsaturated/α-hetero) is 4. The Morgan fingerprint density at radius 2 is 1.72 bits per heavy atom. The number of ketones is 4. The summed E-state index contributed by atoms with van der Waals surface area (Å²) in [6.45, 7) is 3.47. The van der Waals surface area contributed by atoms with Crippen LogP contribution in [0.4, 0.5) is 11.4 Å². The Morgan fingerprint density at radius 1 is 1.09 bits per heavy atom. The molecule has 0 heterocycles. The van der Waals surface area contributed by atoms with Gasteiger partial charge in [0.15, 0.2) is 40.4 Å². The van der Waals surface area contributed by atoms with Gasteiger partial charge in [-0.15, -0.1) is 0 Å². The van der Waals surface area contributed by atoms with E-state index in [2.05, 4.69) is 5.32 Å². The van der Waals surface area contributed by atoms with Gasteiger partial charge < -0.3 is 35.2 Å². The molecule has 3 aliphatic rings. The number of aromatic hydroxyl groups is 1. The highest BCUT2D eigenvalue weighted by Crippen LogP contribution is 2.62. The van der Waals surface area contributed by atoms with Crippen LogP contribution in [0.3, 0.4) is 0 Å². The van der Waals surface area contributed by atoms with E-state index in [1.165, 1.54) is 0 Å². The number of anilines is 2. The highest BCUT2D eigenvalue weighted by Gasteiger charge is 2.66. The number of hydrogen-bond donors (Lipinski definition) is 4. The zero-order valence-electron chi connectivity index (χ0n) is 26.0. The van der Waals surface area contributed by atoms with Crippen LogP contribution in [-0.4, -0.2) is 72.2 Å². The number of amides is 1. The molecule has 0 saturated heterocycles. The first-order valence-electron chi connectivity index (χ1n) is 15.1. The molecule has 2 aromatic rings. The molecule has 3 aliphatic carbocycles. The third-order valence-corrected chi connectivity index (χ3v) is 11.5. The first-order valence-corrected chi connectivity index (χ1v) is 16.8. The lowest BCUT2D eigenvalue weighted by atomic mass is 9.53. The second kappa shape index (κ2) is 12.4. The number of nitrogens with zero attached hydrogens (tertiary/aromatic N) is 1. The number of nitrogens with two attached hydrogens (primary N) is 1. The van der Waals surface area contributed by atoms with Gasteiger partial charge in [-0.1, -0.05) is 30.3 Å². The third-order valence-electron chi connectivity index (χ3n) is 9.20. The van der Waals surface area contributed by atoms with Gasteiger partial charge in [-0.05, 0) is 49.8 Å². The molecular weight excluding hydrogens is 617 g/mol. The number of nitrogens with one attached hydrogen (secondary N) is 1. The summed E-state index contributed by atoms with van der Waals surface area (Å²) in [4.78, 5) is 67.8. The Bertz CT molecular complexity index is 1650. The second-order valence-corrected chi connectivity index (χ2v) is 14.2. The lowest BCUT2D eigenvalue weighted by Crippen LogP contribution is -2.68. The lowest BCUT2D eigenvalue weighted by molar-refractivity contribution is -0.175. The molecule has 0 aromatic heterocycles. The molecule has 2 aromatic carbocycles. The van der Waals surface area contributed by atoms with Crippen LogP contribution < -0.4 is 16.0 Å². The van der Waals surface area contributed by atoms with E-state index in [0.29, 0.717) is 16.8 Å². The van der Waals surface area contributed by atoms with E-state index >= 15 is 0 Å². The number of aliphatic hydroxyl groups is 1. The van der Waals surface area contributed by atoms with Crippen LogP contribution in [0.25, 0.3) is 0 Å². The first kappa shape index (κ1) is 33.5. The molecule has 246 valence electrons. The Balaban J connectivity index is 1.63. The SMILES string of the molecule is CCOP(=O)(OCC)C(Nc1cc(N(C)C)c2c(c1O)C(=O)C1C(=O)[C@]3(O)C(=O)C(C(N)=O)C(=O)C[C@@H]3C[C@@H]1C2)c1ccccc1. The van der Waals surface area contributed by atoms with Gasteiger partial charge in [0.05, 0.1) is 30.4 Å². The van der Waals surface area contributed by atoms with E-state index in [1.54, 1.807) is 69.2 Å². The molecule has 5 rings (SSSR count).